The van der Waals surface area contributed by atoms with Crippen LogP contribution in [0.25, 0.3) is 6.08 Å². The average Bonchev–Trinajstić information content (AvgIpc) is 2.86. The second kappa shape index (κ2) is 9.75. The Kier molecular flexibility index (Phi) is 7.67. The molecule has 1 aliphatic rings. The number of benzene rings is 1. The lowest BCUT2D eigenvalue weighted by Crippen LogP contribution is -2.46. The SMILES string of the molecule is CSCC[C@H](NC(=O)CN1C(=O)/C(=C/c2ccccc2)SC1=S)C(=O)O. The van der Waals surface area contributed by atoms with Crippen molar-refractivity contribution < 1.29 is 19.5 Å². The summed E-state index contributed by atoms with van der Waals surface area (Å²) in [5, 5.41) is 11.6. The van der Waals surface area contributed by atoms with Gasteiger partial charge in [-0.25, -0.2) is 4.79 Å². The quantitative estimate of drug-likeness (QED) is 0.502. The summed E-state index contributed by atoms with van der Waals surface area (Å²) >= 11 is 7.82. The van der Waals surface area contributed by atoms with Crippen LogP contribution >= 0.6 is 35.7 Å². The van der Waals surface area contributed by atoms with Crippen molar-refractivity contribution in [2.45, 2.75) is 12.5 Å². The van der Waals surface area contributed by atoms with Crippen LogP contribution in [0.15, 0.2) is 35.2 Å². The molecule has 0 spiro atoms. The molecule has 6 nitrogen and oxygen atoms in total. The zero-order valence-corrected chi connectivity index (χ0v) is 16.5. The Labute approximate surface area is 165 Å². The topological polar surface area (TPSA) is 86.7 Å². The van der Waals surface area contributed by atoms with Gasteiger partial charge >= 0.3 is 5.97 Å². The fourth-order valence-corrected chi connectivity index (χ4v) is 3.94. The third-order valence-corrected chi connectivity index (χ3v) is 5.54. The van der Waals surface area contributed by atoms with Crippen molar-refractivity contribution in [3.8, 4) is 0 Å². The molecule has 1 aromatic rings. The Balaban J connectivity index is 2.01. The highest BCUT2D eigenvalue weighted by molar-refractivity contribution is 8.26. The smallest absolute Gasteiger partial charge is 0.326 e. The van der Waals surface area contributed by atoms with E-state index in [1.807, 2.05) is 36.6 Å². The monoisotopic (exact) mass is 410 g/mol. The molecule has 0 unspecified atom stereocenters. The van der Waals surface area contributed by atoms with Gasteiger partial charge < -0.3 is 10.4 Å². The molecule has 1 atom stereocenters. The van der Waals surface area contributed by atoms with E-state index in [4.69, 9.17) is 12.2 Å². The molecule has 0 bridgehead atoms. The number of carboxylic acid groups (broad SMARTS) is 1. The third-order valence-electron chi connectivity index (χ3n) is 3.52. The summed E-state index contributed by atoms with van der Waals surface area (Å²) in [7, 11) is 0. The molecule has 1 aromatic carbocycles. The highest BCUT2D eigenvalue weighted by atomic mass is 32.2. The van der Waals surface area contributed by atoms with Crippen LogP contribution in [-0.4, -0.2) is 56.7 Å². The highest BCUT2D eigenvalue weighted by Crippen LogP contribution is 2.32. The summed E-state index contributed by atoms with van der Waals surface area (Å²) in [5.74, 6) is -1.38. The van der Waals surface area contributed by atoms with Gasteiger partial charge in [-0.1, -0.05) is 54.3 Å². The van der Waals surface area contributed by atoms with E-state index in [9.17, 15) is 19.5 Å². The van der Waals surface area contributed by atoms with E-state index in [0.29, 0.717) is 17.1 Å². The summed E-state index contributed by atoms with van der Waals surface area (Å²) in [6, 6.07) is 8.35. The first-order valence-electron chi connectivity index (χ1n) is 7.74. The number of hydrogen-bond donors (Lipinski definition) is 2. The van der Waals surface area contributed by atoms with Crippen molar-refractivity contribution >= 4 is 63.9 Å². The molecule has 0 saturated carbocycles. The first kappa shape index (κ1) is 20.5. The highest BCUT2D eigenvalue weighted by Gasteiger charge is 2.34. The summed E-state index contributed by atoms with van der Waals surface area (Å²) < 4.78 is 0.281. The fourth-order valence-electron chi connectivity index (χ4n) is 2.21. The average molecular weight is 411 g/mol. The van der Waals surface area contributed by atoms with Gasteiger partial charge in [0.2, 0.25) is 5.91 Å². The van der Waals surface area contributed by atoms with Gasteiger partial charge in [0.25, 0.3) is 5.91 Å². The predicted molar refractivity (Wildman–Crippen MR) is 109 cm³/mol. The zero-order chi connectivity index (χ0) is 19.1. The van der Waals surface area contributed by atoms with Crippen LogP contribution in [0.4, 0.5) is 0 Å². The second-order valence-corrected chi connectivity index (χ2v) is 8.08. The zero-order valence-electron chi connectivity index (χ0n) is 14.0. The molecule has 1 heterocycles. The van der Waals surface area contributed by atoms with E-state index in [1.165, 1.54) is 16.7 Å². The number of thioether (sulfide) groups is 2. The van der Waals surface area contributed by atoms with Crippen LogP contribution < -0.4 is 5.32 Å². The molecule has 2 N–H and O–H groups in total. The molecule has 1 saturated heterocycles. The second-order valence-electron chi connectivity index (χ2n) is 5.42. The number of carboxylic acids is 1. The first-order chi connectivity index (χ1) is 12.4. The number of nitrogens with zero attached hydrogens (tertiary/aromatic N) is 1. The fraction of sp³-hybridized carbons (Fsp3) is 0.294. The summed E-state index contributed by atoms with van der Waals surface area (Å²) in [6.45, 7) is -0.292. The minimum atomic E-state index is -1.10. The van der Waals surface area contributed by atoms with Crippen LogP contribution in [0, 0.1) is 0 Å². The Hall–Kier alpha value is -1.84. The molecule has 0 radical (unpaired) electrons. The van der Waals surface area contributed by atoms with Crippen LogP contribution in [-0.2, 0) is 14.4 Å². The minimum Gasteiger partial charge on any atom is -0.480 e. The molecule has 0 aromatic heterocycles. The number of hydrogen-bond acceptors (Lipinski definition) is 6. The Bertz CT molecular complexity index is 737. The molecule has 2 amide bonds. The van der Waals surface area contributed by atoms with Gasteiger partial charge in [0.15, 0.2) is 0 Å². The number of amides is 2. The molecule has 0 aliphatic carbocycles. The summed E-state index contributed by atoms with van der Waals surface area (Å²) in [6.07, 6.45) is 3.89. The maximum Gasteiger partial charge on any atom is 0.326 e. The van der Waals surface area contributed by atoms with Gasteiger partial charge in [-0.05, 0) is 30.1 Å². The van der Waals surface area contributed by atoms with Gasteiger partial charge in [-0.2, -0.15) is 11.8 Å². The lowest BCUT2D eigenvalue weighted by Gasteiger charge is -2.17. The molecule has 2 rings (SSSR count). The van der Waals surface area contributed by atoms with Crippen LogP contribution in [0.2, 0.25) is 0 Å². The number of carbonyl (C=O) groups is 3. The van der Waals surface area contributed by atoms with Crippen molar-refractivity contribution in [3.05, 3.63) is 40.8 Å². The summed E-state index contributed by atoms with van der Waals surface area (Å²) in [4.78, 5) is 37.5. The number of aliphatic carboxylic acids is 1. The van der Waals surface area contributed by atoms with Crippen molar-refractivity contribution in [3.63, 3.8) is 0 Å². The number of thiocarbonyl (C=S) groups is 1. The van der Waals surface area contributed by atoms with E-state index < -0.39 is 17.9 Å². The number of nitrogens with one attached hydrogen (secondary N) is 1. The lowest BCUT2D eigenvalue weighted by atomic mass is 10.2. The molecule has 9 heteroatoms. The van der Waals surface area contributed by atoms with E-state index in [-0.39, 0.29) is 16.8 Å². The maximum absolute atomic E-state index is 12.5. The number of carbonyl (C=O) groups excluding carboxylic acids is 2. The van der Waals surface area contributed by atoms with E-state index in [2.05, 4.69) is 5.32 Å². The van der Waals surface area contributed by atoms with Gasteiger partial charge in [0, 0.05) is 0 Å². The van der Waals surface area contributed by atoms with E-state index >= 15 is 0 Å². The Morgan fingerprint density at radius 1 is 1.38 bits per heavy atom. The van der Waals surface area contributed by atoms with Gasteiger partial charge in [-0.15, -0.1) is 0 Å². The number of rotatable bonds is 8. The van der Waals surface area contributed by atoms with Crippen molar-refractivity contribution in [1.82, 2.24) is 10.2 Å². The molecule has 26 heavy (non-hydrogen) atoms. The van der Waals surface area contributed by atoms with Gasteiger partial charge in [0.05, 0.1) is 4.91 Å². The van der Waals surface area contributed by atoms with Crippen LogP contribution in [0.5, 0.6) is 0 Å². The maximum atomic E-state index is 12.5. The molecular formula is C17H18N2O4S3. The summed E-state index contributed by atoms with van der Waals surface area (Å²) in [5.41, 5.74) is 0.862. The van der Waals surface area contributed by atoms with Gasteiger partial charge in [0.1, 0.15) is 16.9 Å². The van der Waals surface area contributed by atoms with Gasteiger partial charge in [-0.3, -0.25) is 14.5 Å². The van der Waals surface area contributed by atoms with Crippen molar-refractivity contribution in [1.29, 1.82) is 0 Å². The van der Waals surface area contributed by atoms with Crippen molar-refractivity contribution in [2.24, 2.45) is 0 Å². The van der Waals surface area contributed by atoms with E-state index in [1.54, 1.807) is 6.08 Å². The Morgan fingerprint density at radius 3 is 2.69 bits per heavy atom. The first-order valence-corrected chi connectivity index (χ1v) is 10.4. The molecule has 138 valence electrons. The van der Waals surface area contributed by atoms with Crippen LogP contribution in [0.3, 0.4) is 0 Å². The Morgan fingerprint density at radius 2 is 2.08 bits per heavy atom. The largest absolute Gasteiger partial charge is 0.480 e. The molecule has 1 fully saturated rings. The minimum absolute atomic E-state index is 0.281. The standard InChI is InChI=1S/C17H18N2O4S3/c1-25-8-7-12(16(22)23)18-14(20)10-19-15(21)13(26-17(19)24)9-11-5-3-2-4-6-11/h2-6,9,12H,7-8,10H2,1H3,(H,18,20)(H,22,23)/b13-9-/t12-/m0/s1. The third kappa shape index (κ3) is 5.58. The van der Waals surface area contributed by atoms with Crippen LogP contribution in [0.1, 0.15) is 12.0 Å². The molecule has 1 aliphatic heterocycles. The van der Waals surface area contributed by atoms with E-state index in [0.717, 1.165) is 17.3 Å². The lowest BCUT2D eigenvalue weighted by molar-refractivity contribution is -0.142. The normalized spacial score (nSPS) is 16.8. The van der Waals surface area contributed by atoms with Crippen molar-refractivity contribution in [2.75, 3.05) is 18.6 Å². The molecular weight excluding hydrogens is 392 g/mol. The predicted octanol–water partition coefficient (Wildman–Crippen LogP) is 2.21.